The van der Waals surface area contributed by atoms with Crippen LogP contribution in [0.1, 0.15) is 31.0 Å². The van der Waals surface area contributed by atoms with E-state index in [1.54, 1.807) is 18.2 Å². The first kappa shape index (κ1) is 21.3. The highest BCUT2D eigenvalue weighted by molar-refractivity contribution is 7.93. The van der Waals surface area contributed by atoms with Gasteiger partial charge >= 0.3 is 5.97 Å². The molecule has 6 nitrogen and oxygen atoms in total. The van der Waals surface area contributed by atoms with E-state index in [0.717, 1.165) is 53.8 Å². The molecular weight excluding hydrogens is 448 g/mol. The van der Waals surface area contributed by atoms with E-state index in [0.29, 0.717) is 17.9 Å². The number of hydrogen-bond acceptors (Lipinski definition) is 4. The van der Waals surface area contributed by atoms with Crippen LogP contribution in [-0.4, -0.2) is 42.3 Å². The molecule has 2 N–H and O–H groups in total. The van der Waals surface area contributed by atoms with Gasteiger partial charge in [-0.15, -0.1) is 0 Å². The summed E-state index contributed by atoms with van der Waals surface area (Å²) in [5, 5.41) is 11.7. The van der Waals surface area contributed by atoms with Crippen LogP contribution in [-0.2, 0) is 27.5 Å². The van der Waals surface area contributed by atoms with Crippen molar-refractivity contribution in [3.05, 3.63) is 58.7 Å². The standard InChI is InChI=1S/C24H25ClN2O4S/c1-24(23(28)29,15-11-19-20-13-16(25)7-8-21(20)26-22(19)12-15)32(30,31)18-6-4-5-17(14-18)27-9-2-3-10-27/h4-8,13-15,26H,2-3,9-12H2,1H3,(H,28,29). The average Bonchev–Trinajstić information content (AvgIpc) is 3.50. The number of halogens is 1. The Hall–Kier alpha value is -2.51. The molecule has 168 valence electrons. The monoisotopic (exact) mass is 472 g/mol. The first-order chi connectivity index (χ1) is 15.2. The van der Waals surface area contributed by atoms with Crippen molar-refractivity contribution < 1.29 is 18.3 Å². The molecule has 8 heteroatoms. The lowest BCUT2D eigenvalue weighted by Gasteiger charge is -2.31. The molecule has 2 atom stereocenters. The fourth-order valence-corrected chi connectivity index (χ4v) is 7.24. The van der Waals surface area contributed by atoms with Gasteiger partial charge in [0.2, 0.25) is 0 Å². The summed E-state index contributed by atoms with van der Waals surface area (Å²) in [6, 6.07) is 12.3. The zero-order valence-electron chi connectivity index (χ0n) is 17.8. The molecule has 2 aliphatic rings. The smallest absolute Gasteiger partial charge is 0.325 e. The molecule has 1 aliphatic carbocycles. The van der Waals surface area contributed by atoms with Gasteiger partial charge < -0.3 is 15.0 Å². The van der Waals surface area contributed by atoms with Gasteiger partial charge in [0.25, 0.3) is 0 Å². The topological polar surface area (TPSA) is 90.5 Å². The van der Waals surface area contributed by atoms with Gasteiger partial charge in [0, 0.05) is 40.4 Å². The Morgan fingerprint density at radius 1 is 1.16 bits per heavy atom. The van der Waals surface area contributed by atoms with E-state index in [1.165, 1.54) is 13.0 Å². The number of benzene rings is 2. The number of hydrogen-bond donors (Lipinski definition) is 2. The lowest BCUT2D eigenvalue weighted by atomic mass is 9.90. The third kappa shape index (κ3) is 3.13. The van der Waals surface area contributed by atoms with Crippen LogP contribution in [0.2, 0.25) is 5.02 Å². The van der Waals surface area contributed by atoms with Crippen LogP contribution in [0.25, 0.3) is 10.9 Å². The number of anilines is 1. The maximum Gasteiger partial charge on any atom is 0.325 e. The lowest BCUT2D eigenvalue weighted by Crippen LogP contribution is -2.50. The molecule has 0 spiro atoms. The normalized spacial score (nSPS) is 20.4. The van der Waals surface area contributed by atoms with Gasteiger partial charge in [0.05, 0.1) is 4.90 Å². The van der Waals surface area contributed by atoms with Gasteiger partial charge in [-0.25, -0.2) is 8.42 Å². The predicted molar refractivity (Wildman–Crippen MR) is 125 cm³/mol. The summed E-state index contributed by atoms with van der Waals surface area (Å²) in [5.74, 6) is -1.91. The lowest BCUT2D eigenvalue weighted by molar-refractivity contribution is -0.141. The number of rotatable bonds is 5. The van der Waals surface area contributed by atoms with Crippen molar-refractivity contribution in [2.75, 3.05) is 18.0 Å². The largest absolute Gasteiger partial charge is 0.480 e. The van der Waals surface area contributed by atoms with E-state index < -0.39 is 26.5 Å². The number of nitrogens with zero attached hydrogens (tertiary/aromatic N) is 1. The van der Waals surface area contributed by atoms with Crippen LogP contribution in [0.3, 0.4) is 0 Å². The van der Waals surface area contributed by atoms with E-state index in [9.17, 15) is 18.3 Å². The molecule has 5 rings (SSSR count). The summed E-state index contributed by atoms with van der Waals surface area (Å²) >= 11 is 6.17. The minimum absolute atomic E-state index is 0.0651. The van der Waals surface area contributed by atoms with Crippen molar-refractivity contribution in [1.29, 1.82) is 0 Å². The SMILES string of the molecule is CC(C(=O)O)(C1Cc2[nH]c3ccc(Cl)cc3c2C1)S(=O)(=O)c1cccc(N2CCCC2)c1. The predicted octanol–water partition coefficient (Wildman–Crippen LogP) is 4.45. The Bertz CT molecular complexity index is 1330. The minimum Gasteiger partial charge on any atom is -0.480 e. The van der Waals surface area contributed by atoms with E-state index in [4.69, 9.17) is 11.6 Å². The number of aliphatic carboxylic acids is 1. The summed E-state index contributed by atoms with van der Waals surface area (Å²) in [6.45, 7) is 3.12. The molecule has 2 unspecified atom stereocenters. The van der Waals surface area contributed by atoms with Gasteiger partial charge in [-0.1, -0.05) is 17.7 Å². The van der Waals surface area contributed by atoms with Crippen LogP contribution in [0.15, 0.2) is 47.4 Å². The van der Waals surface area contributed by atoms with E-state index in [-0.39, 0.29) is 4.90 Å². The number of fused-ring (bicyclic) bond motifs is 3. The van der Waals surface area contributed by atoms with E-state index >= 15 is 0 Å². The summed E-state index contributed by atoms with van der Waals surface area (Å²) in [6.07, 6.45) is 2.86. The highest BCUT2D eigenvalue weighted by Crippen LogP contribution is 2.44. The van der Waals surface area contributed by atoms with Gasteiger partial charge in [0.1, 0.15) is 0 Å². The van der Waals surface area contributed by atoms with E-state index in [2.05, 4.69) is 9.88 Å². The highest BCUT2D eigenvalue weighted by Gasteiger charge is 2.55. The second-order valence-electron chi connectivity index (χ2n) is 8.98. The number of carboxylic acids is 1. The fourth-order valence-electron chi connectivity index (χ4n) is 5.21. The van der Waals surface area contributed by atoms with Crippen molar-refractivity contribution >= 4 is 44.0 Å². The first-order valence-corrected chi connectivity index (χ1v) is 12.7. The number of carbonyl (C=O) groups is 1. The van der Waals surface area contributed by atoms with Crippen molar-refractivity contribution in [3.8, 4) is 0 Å². The second kappa shape index (κ2) is 7.52. The highest BCUT2D eigenvalue weighted by atomic mass is 35.5. The molecule has 0 saturated carbocycles. The van der Waals surface area contributed by atoms with Crippen LogP contribution in [0, 0.1) is 5.92 Å². The molecule has 1 aromatic heterocycles. The van der Waals surface area contributed by atoms with Gasteiger partial charge in [-0.05, 0) is 80.5 Å². The molecule has 1 aliphatic heterocycles. The molecule has 1 saturated heterocycles. The van der Waals surface area contributed by atoms with Gasteiger partial charge in [0.15, 0.2) is 14.6 Å². The van der Waals surface area contributed by atoms with Crippen LogP contribution in [0.4, 0.5) is 5.69 Å². The quantitative estimate of drug-likeness (QED) is 0.572. The number of nitrogens with one attached hydrogen (secondary N) is 1. The summed E-state index contributed by atoms with van der Waals surface area (Å²) in [4.78, 5) is 18.1. The Morgan fingerprint density at radius 3 is 2.62 bits per heavy atom. The number of sulfone groups is 1. The molecule has 2 heterocycles. The second-order valence-corrected chi connectivity index (χ2v) is 11.7. The van der Waals surface area contributed by atoms with Gasteiger partial charge in [-0.3, -0.25) is 4.79 Å². The van der Waals surface area contributed by atoms with Crippen LogP contribution in [0.5, 0.6) is 0 Å². The number of aromatic nitrogens is 1. The molecular formula is C24H25ClN2O4S. The Kier molecular flexibility index (Phi) is 5.02. The molecule has 2 aromatic carbocycles. The molecule has 32 heavy (non-hydrogen) atoms. The van der Waals surface area contributed by atoms with Crippen molar-refractivity contribution in [2.45, 2.75) is 42.2 Å². The molecule has 0 amide bonds. The Morgan fingerprint density at radius 2 is 1.91 bits per heavy atom. The summed E-state index contributed by atoms with van der Waals surface area (Å²) < 4.78 is 25.7. The number of carboxylic acid groups (broad SMARTS) is 1. The number of aromatic amines is 1. The van der Waals surface area contributed by atoms with Crippen molar-refractivity contribution in [2.24, 2.45) is 5.92 Å². The van der Waals surface area contributed by atoms with Crippen LogP contribution < -0.4 is 4.90 Å². The number of H-pyrrole nitrogens is 1. The van der Waals surface area contributed by atoms with Crippen LogP contribution >= 0.6 is 11.6 Å². The zero-order chi connectivity index (χ0) is 22.7. The fraction of sp³-hybridized carbons (Fsp3) is 0.375. The molecule has 1 fully saturated rings. The Balaban J connectivity index is 1.54. The first-order valence-electron chi connectivity index (χ1n) is 10.8. The van der Waals surface area contributed by atoms with Crippen molar-refractivity contribution in [3.63, 3.8) is 0 Å². The minimum atomic E-state index is -4.16. The van der Waals surface area contributed by atoms with Gasteiger partial charge in [-0.2, -0.15) is 0 Å². The maximum absolute atomic E-state index is 13.8. The van der Waals surface area contributed by atoms with E-state index in [1.807, 2.05) is 18.2 Å². The third-order valence-electron chi connectivity index (χ3n) is 7.22. The summed E-state index contributed by atoms with van der Waals surface area (Å²) in [7, 11) is -4.16. The third-order valence-corrected chi connectivity index (χ3v) is 9.95. The molecule has 3 aromatic rings. The van der Waals surface area contributed by atoms with Crippen molar-refractivity contribution in [1.82, 2.24) is 4.98 Å². The summed E-state index contributed by atoms with van der Waals surface area (Å²) in [5.41, 5.74) is 3.60. The maximum atomic E-state index is 13.8. The molecule has 0 radical (unpaired) electrons. The average molecular weight is 473 g/mol. The zero-order valence-corrected chi connectivity index (χ0v) is 19.3. The Labute approximate surface area is 192 Å². The molecule has 0 bridgehead atoms.